The van der Waals surface area contributed by atoms with Crippen LogP contribution < -0.4 is 11.1 Å². The number of anilines is 2. The van der Waals surface area contributed by atoms with Crippen LogP contribution in [-0.2, 0) is 9.09 Å². The molecular weight excluding hydrogens is 391 g/mol. The first kappa shape index (κ1) is 20.2. The van der Waals surface area contributed by atoms with Gasteiger partial charge in [-0.2, -0.15) is 0 Å². The molecule has 0 aliphatic rings. The van der Waals surface area contributed by atoms with E-state index in [1.165, 1.54) is 0 Å². The highest BCUT2D eigenvalue weighted by Crippen LogP contribution is 2.32. The topological polar surface area (TPSA) is 81.4 Å². The molecule has 2 unspecified atom stereocenters. The third kappa shape index (κ3) is 4.84. The van der Waals surface area contributed by atoms with Crippen molar-refractivity contribution in [2.45, 2.75) is 20.0 Å². The first-order valence-corrected chi connectivity index (χ1v) is 11.2. The molecule has 1 heterocycles. The summed E-state index contributed by atoms with van der Waals surface area (Å²) in [6, 6.07) is 16.7. The van der Waals surface area contributed by atoms with E-state index < -0.39 is 8.03 Å². The third-order valence-electron chi connectivity index (χ3n) is 4.28. The quantitative estimate of drug-likeness (QED) is 0.363. The van der Waals surface area contributed by atoms with Crippen molar-refractivity contribution >= 4 is 36.6 Å². The summed E-state index contributed by atoms with van der Waals surface area (Å²) < 4.78 is 17.0. The van der Waals surface area contributed by atoms with E-state index >= 15 is 0 Å². The van der Waals surface area contributed by atoms with Gasteiger partial charge in [-0.1, -0.05) is 24.3 Å². The van der Waals surface area contributed by atoms with Crippen LogP contribution in [0.15, 0.2) is 60.0 Å². The Kier molecular flexibility index (Phi) is 6.57. The number of carbonyl (C=O) groups is 1. The van der Waals surface area contributed by atoms with Gasteiger partial charge in [0.25, 0.3) is 5.91 Å². The molecule has 0 saturated carbocycles. The number of nitrogen functional groups attached to an aromatic ring is 1. The van der Waals surface area contributed by atoms with Crippen LogP contribution in [0.1, 0.15) is 35.9 Å². The van der Waals surface area contributed by atoms with Gasteiger partial charge in [-0.05, 0) is 65.3 Å². The first-order valence-electron chi connectivity index (χ1n) is 8.94. The second-order valence-corrected chi connectivity index (χ2v) is 8.71. The van der Waals surface area contributed by atoms with Crippen molar-refractivity contribution in [1.82, 2.24) is 0 Å². The fourth-order valence-electron chi connectivity index (χ4n) is 2.67. The van der Waals surface area contributed by atoms with Gasteiger partial charge in [-0.25, -0.2) is 0 Å². The summed E-state index contributed by atoms with van der Waals surface area (Å²) in [6.45, 7) is 3.66. The molecule has 1 amide bonds. The molecule has 28 heavy (non-hydrogen) atoms. The van der Waals surface area contributed by atoms with E-state index in [4.69, 9.17) is 10.3 Å². The SMILES string of the molecule is CC[P+](=O)OC(C)c1ccc(C(=O)Nc2cc(-c3cccs3)ccc2N)cc1. The summed E-state index contributed by atoms with van der Waals surface area (Å²) in [5.41, 5.74) is 9.51. The van der Waals surface area contributed by atoms with Crippen LogP contribution in [0.25, 0.3) is 10.4 Å². The molecule has 0 fully saturated rings. The zero-order chi connectivity index (χ0) is 20.1. The molecule has 0 spiro atoms. The van der Waals surface area contributed by atoms with E-state index in [-0.39, 0.29) is 12.0 Å². The predicted octanol–water partition coefficient (Wildman–Crippen LogP) is 6.09. The lowest BCUT2D eigenvalue weighted by atomic mass is 10.1. The Bertz CT molecular complexity index is 972. The van der Waals surface area contributed by atoms with Crippen molar-refractivity contribution < 1.29 is 13.9 Å². The highest BCUT2D eigenvalue weighted by molar-refractivity contribution is 7.39. The molecule has 144 valence electrons. The molecule has 0 aliphatic heterocycles. The Labute approximate surface area is 169 Å². The molecule has 2 atom stereocenters. The molecule has 2 aromatic carbocycles. The maximum atomic E-state index is 12.6. The molecule has 5 nitrogen and oxygen atoms in total. The van der Waals surface area contributed by atoms with Gasteiger partial charge in [0.2, 0.25) is 0 Å². The second-order valence-electron chi connectivity index (χ2n) is 6.25. The standard InChI is InChI=1S/C21H21N2O3PS/c1-3-27(25)26-14(2)15-6-8-16(9-7-15)21(24)23-19-13-17(10-11-18(19)22)20-5-4-12-28-20/h4-14H,3,22H2,1-2H3/p+1. The normalized spacial score (nSPS) is 12.4. The highest BCUT2D eigenvalue weighted by atomic mass is 32.1. The Morgan fingerprint density at radius 1 is 1.21 bits per heavy atom. The van der Waals surface area contributed by atoms with Crippen LogP contribution in [-0.4, -0.2) is 12.1 Å². The predicted molar refractivity (Wildman–Crippen MR) is 116 cm³/mol. The lowest BCUT2D eigenvalue weighted by Gasteiger charge is -2.11. The Hall–Kier alpha value is -2.53. The van der Waals surface area contributed by atoms with Gasteiger partial charge in [-0.3, -0.25) is 4.79 Å². The smallest absolute Gasteiger partial charge is 0.397 e. The van der Waals surface area contributed by atoms with Crippen LogP contribution >= 0.6 is 19.4 Å². The molecule has 0 saturated heterocycles. The lowest BCUT2D eigenvalue weighted by molar-refractivity contribution is 0.102. The molecule has 0 aliphatic carbocycles. The van der Waals surface area contributed by atoms with Crippen LogP contribution in [0.3, 0.4) is 0 Å². The summed E-state index contributed by atoms with van der Waals surface area (Å²) in [4.78, 5) is 13.7. The Morgan fingerprint density at radius 3 is 2.61 bits per heavy atom. The van der Waals surface area contributed by atoms with Gasteiger partial charge in [-0.15, -0.1) is 15.9 Å². The van der Waals surface area contributed by atoms with Crippen molar-refractivity contribution in [3.05, 3.63) is 71.1 Å². The van der Waals surface area contributed by atoms with Crippen LogP contribution in [0.2, 0.25) is 0 Å². The molecule has 3 N–H and O–H groups in total. The summed E-state index contributed by atoms with van der Waals surface area (Å²) in [5, 5.41) is 4.89. The Balaban J connectivity index is 1.73. The minimum atomic E-state index is -1.66. The average molecular weight is 413 g/mol. The van der Waals surface area contributed by atoms with E-state index in [1.54, 1.807) is 29.5 Å². The fraction of sp³-hybridized carbons (Fsp3) is 0.190. The van der Waals surface area contributed by atoms with Gasteiger partial charge < -0.3 is 11.1 Å². The molecule has 1 aromatic heterocycles. The number of amides is 1. The Morgan fingerprint density at radius 2 is 1.96 bits per heavy atom. The summed E-state index contributed by atoms with van der Waals surface area (Å²) in [7, 11) is -1.66. The van der Waals surface area contributed by atoms with Crippen LogP contribution in [0, 0.1) is 0 Å². The number of rotatable bonds is 7. The van der Waals surface area contributed by atoms with Crippen molar-refractivity contribution in [2.75, 3.05) is 17.2 Å². The number of nitrogens with two attached hydrogens (primary N) is 1. The van der Waals surface area contributed by atoms with Crippen molar-refractivity contribution in [3.63, 3.8) is 0 Å². The number of hydrogen-bond donors (Lipinski definition) is 2. The second kappa shape index (κ2) is 9.11. The maximum Gasteiger partial charge on any atom is 0.508 e. The van der Waals surface area contributed by atoms with Crippen LogP contribution in [0.5, 0.6) is 0 Å². The van der Waals surface area contributed by atoms with Gasteiger partial charge in [0.15, 0.2) is 6.16 Å². The van der Waals surface area contributed by atoms with E-state index in [1.807, 2.05) is 55.6 Å². The van der Waals surface area contributed by atoms with E-state index in [0.29, 0.717) is 23.1 Å². The number of nitrogens with one attached hydrogen (secondary N) is 1. The van der Waals surface area contributed by atoms with Crippen LogP contribution in [0.4, 0.5) is 11.4 Å². The molecule has 3 aromatic rings. The minimum Gasteiger partial charge on any atom is -0.397 e. The molecule has 0 radical (unpaired) electrons. The zero-order valence-corrected chi connectivity index (χ0v) is 17.4. The van der Waals surface area contributed by atoms with Crippen molar-refractivity contribution in [2.24, 2.45) is 0 Å². The van der Waals surface area contributed by atoms with E-state index in [2.05, 4.69) is 5.32 Å². The van der Waals surface area contributed by atoms with E-state index in [0.717, 1.165) is 16.0 Å². The van der Waals surface area contributed by atoms with E-state index in [9.17, 15) is 9.36 Å². The minimum absolute atomic E-state index is 0.241. The van der Waals surface area contributed by atoms with Gasteiger partial charge in [0.05, 0.1) is 11.4 Å². The summed E-state index contributed by atoms with van der Waals surface area (Å²) in [6.07, 6.45) is 0.186. The number of carbonyl (C=O) groups excluding carboxylic acids is 1. The van der Waals surface area contributed by atoms with Gasteiger partial charge >= 0.3 is 8.03 Å². The lowest BCUT2D eigenvalue weighted by Crippen LogP contribution is -2.13. The number of thiophene rings is 1. The zero-order valence-electron chi connectivity index (χ0n) is 15.7. The van der Waals surface area contributed by atoms with Crippen molar-refractivity contribution in [3.8, 4) is 10.4 Å². The van der Waals surface area contributed by atoms with Gasteiger partial charge in [0, 0.05) is 10.4 Å². The monoisotopic (exact) mass is 413 g/mol. The van der Waals surface area contributed by atoms with Crippen molar-refractivity contribution in [1.29, 1.82) is 0 Å². The number of hydrogen-bond acceptors (Lipinski definition) is 5. The van der Waals surface area contributed by atoms with Gasteiger partial charge in [0.1, 0.15) is 6.10 Å². The average Bonchev–Trinajstić information content (AvgIpc) is 3.24. The number of benzene rings is 2. The largest absolute Gasteiger partial charge is 0.508 e. The summed E-state index contributed by atoms with van der Waals surface area (Å²) >= 11 is 1.63. The molecule has 3 rings (SSSR count). The molecule has 7 heteroatoms. The molecule has 0 bridgehead atoms. The maximum absolute atomic E-state index is 12.6. The highest BCUT2D eigenvalue weighted by Gasteiger charge is 2.20. The molecular formula is C21H22N2O3PS+. The first-order chi connectivity index (χ1) is 13.5. The third-order valence-corrected chi connectivity index (χ3v) is 6.27. The summed E-state index contributed by atoms with van der Waals surface area (Å²) in [5.74, 6) is -0.241. The fourth-order valence-corrected chi connectivity index (χ4v) is 4.02.